The lowest BCUT2D eigenvalue weighted by Crippen LogP contribution is -2.33. The summed E-state index contributed by atoms with van der Waals surface area (Å²) in [5.74, 6) is -1.86. The third kappa shape index (κ3) is 2.53. The van der Waals surface area contributed by atoms with Gasteiger partial charge in [-0.2, -0.15) is 13.2 Å². The lowest BCUT2D eigenvalue weighted by Gasteiger charge is -2.19. The summed E-state index contributed by atoms with van der Waals surface area (Å²) in [4.78, 5) is 0. The van der Waals surface area contributed by atoms with Gasteiger partial charge in [-0.15, -0.1) is 0 Å². The maximum Gasteiger partial charge on any atom is 0.394 e. The molecule has 2 nitrogen and oxygen atoms in total. The van der Waals surface area contributed by atoms with Gasteiger partial charge >= 0.3 is 6.18 Å². The molecular weight excluding hydrogens is 149 g/mol. The fourth-order valence-corrected chi connectivity index (χ4v) is 0.376. The first-order valence-electron chi connectivity index (χ1n) is 2.75. The molecule has 0 aromatic rings. The minimum Gasteiger partial charge on any atom is -0.394 e. The van der Waals surface area contributed by atoms with Crippen molar-refractivity contribution in [1.29, 1.82) is 0 Å². The van der Waals surface area contributed by atoms with Gasteiger partial charge in [0.1, 0.15) is 0 Å². The second-order valence-corrected chi connectivity index (χ2v) is 2.08. The van der Waals surface area contributed by atoms with Crippen LogP contribution in [0.3, 0.4) is 0 Å². The van der Waals surface area contributed by atoms with E-state index in [1.165, 1.54) is 0 Å². The molecule has 0 saturated carbocycles. The molecule has 0 bridgehead atoms. The van der Waals surface area contributed by atoms with Crippen molar-refractivity contribution in [3.63, 3.8) is 0 Å². The molecule has 0 spiro atoms. The molecule has 0 aliphatic rings. The quantitative estimate of drug-likeness (QED) is 0.615. The number of hydrogen-bond acceptors (Lipinski definition) is 2. The fraction of sp³-hybridized carbons (Fsp3) is 1.00. The first-order chi connectivity index (χ1) is 4.39. The monoisotopic (exact) mass is 158 g/mol. The van der Waals surface area contributed by atoms with Crippen LogP contribution in [0.4, 0.5) is 13.2 Å². The predicted octanol–water partition coefficient (Wildman–Crippen LogP) is 0.538. The van der Waals surface area contributed by atoms with Crippen LogP contribution in [-0.2, 0) is 0 Å². The Balaban J connectivity index is 3.94. The van der Waals surface area contributed by atoms with Gasteiger partial charge in [0.2, 0.25) is 0 Å². The van der Waals surface area contributed by atoms with Crippen molar-refractivity contribution in [2.75, 3.05) is 6.61 Å². The zero-order valence-electron chi connectivity index (χ0n) is 5.39. The molecule has 0 aliphatic heterocycles. The molecule has 0 amide bonds. The highest BCUT2D eigenvalue weighted by atomic mass is 19.4. The molecule has 10 heavy (non-hydrogen) atoms. The Morgan fingerprint density at radius 1 is 1.40 bits per heavy atom. The SMILES string of the molecule is CC(C(O)CO)C(F)(F)F. The molecule has 0 saturated heterocycles. The van der Waals surface area contributed by atoms with Crippen molar-refractivity contribution in [2.24, 2.45) is 5.92 Å². The van der Waals surface area contributed by atoms with E-state index >= 15 is 0 Å². The minimum absolute atomic E-state index is 0.820. The molecule has 0 aliphatic carbocycles. The number of hydrogen-bond donors (Lipinski definition) is 2. The number of aliphatic hydroxyl groups is 2. The molecule has 0 radical (unpaired) electrons. The number of aliphatic hydroxyl groups excluding tert-OH is 2. The average Bonchev–Trinajstić information content (AvgIpc) is 1.83. The van der Waals surface area contributed by atoms with E-state index in [1.807, 2.05) is 0 Å². The second kappa shape index (κ2) is 3.21. The van der Waals surface area contributed by atoms with Gasteiger partial charge in [-0.25, -0.2) is 0 Å². The Labute approximate surface area is 56.3 Å². The average molecular weight is 158 g/mol. The van der Waals surface area contributed by atoms with Crippen molar-refractivity contribution in [2.45, 2.75) is 19.2 Å². The van der Waals surface area contributed by atoms with E-state index in [0.29, 0.717) is 0 Å². The van der Waals surface area contributed by atoms with Crippen LogP contribution in [0, 0.1) is 5.92 Å². The molecule has 0 rings (SSSR count). The Morgan fingerprint density at radius 3 is 1.90 bits per heavy atom. The lowest BCUT2D eigenvalue weighted by molar-refractivity contribution is -0.198. The number of rotatable bonds is 2. The summed E-state index contributed by atoms with van der Waals surface area (Å²) in [5, 5.41) is 16.6. The van der Waals surface area contributed by atoms with E-state index in [2.05, 4.69) is 0 Å². The normalized spacial score (nSPS) is 18.6. The molecule has 0 heterocycles. The zero-order chi connectivity index (χ0) is 8.36. The summed E-state index contributed by atoms with van der Waals surface area (Å²) in [6, 6.07) is 0. The molecule has 0 aromatic carbocycles. The van der Waals surface area contributed by atoms with Crippen LogP contribution >= 0.6 is 0 Å². The van der Waals surface area contributed by atoms with Gasteiger partial charge in [0.05, 0.1) is 18.6 Å². The van der Waals surface area contributed by atoms with Crippen molar-refractivity contribution in [1.82, 2.24) is 0 Å². The van der Waals surface area contributed by atoms with Crippen LogP contribution in [0.25, 0.3) is 0 Å². The molecule has 2 atom stereocenters. The van der Waals surface area contributed by atoms with Crippen LogP contribution < -0.4 is 0 Å². The summed E-state index contributed by atoms with van der Waals surface area (Å²) in [6.45, 7) is -0.0401. The van der Waals surface area contributed by atoms with Crippen molar-refractivity contribution in [3.8, 4) is 0 Å². The maximum atomic E-state index is 11.6. The largest absolute Gasteiger partial charge is 0.394 e. The van der Waals surface area contributed by atoms with E-state index < -0.39 is 24.8 Å². The lowest BCUT2D eigenvalue weighted by atomic mass is 10.1. The third-order valence-electron chi connectivity index (χ3n) is 1.28. The van der Waals surface area contributed by atoms with E-state index in [0.717, 1.165) is 6.92 Å². The first kappa shape index (κ1) is 9.71. The molecule has 62 valence electrons. The third-order valence-corrected chi connectivity index (χ3v) is 1.28. The summed E-state index contributed by atoms with van der Waals surface area (Å²) in [7, 11) is 0. The van der Waals surface area contributed by atoms with Gasteiger partial charge in [-0.3, -0.25) is 0 Å². The minimum atomic E-state index is -4.43. The Kier molecular flexibility index (Phi) is 3.11. The van der Waals surface area contributed by atoms with E-state index in [4.69, 9.17) is 10.2 Å². The van der Waals surface area contributed by atoms with Crippen LogP contribution in [-0.4, -0.2) is 29.1 Å². The second-order valence-electron chi connectivity index (χ2n) is 2.08. The van der Waals surface area contributed by atoms with Gasteiger partial charge < -0.3 is 10.2 Å². The highest BCUT2D eigenvalue weighted by Gasteiger charge is 2.40. The van der Waals surface area contributed by atoms with Gasteiger partial charge in [0.25, 0.3) is 0 Å². The van der Waals surface area contributed by atoms with Gasteiger partial charge in [0.15, 0.2) is 0 Å². The van der Waals surface area contributed by atoms with Crippen LogP contribution in [0.2, 0.25) is 0 Å². The highest BCUT2D eigenvalue weighted by Crippen LogP contribution is 2.27. The van der Waals surface area contributed by atoms with E-state index in [9.17, 15) is 13.2 Å². The molecule has 0 fully saturated rings. The Morgan fingerprint density at radius 2 is 1.80 bits per heavy atom. The summed E-state index contributed by atoms with van der Waals surface area (Å²) >= 11 is 0. The summed E-state index contributed by atoms with van der Waals surface area (Å²) in [5.41, 5.74) is 0. The van der Waals surface area contributed by atoms with E-state index in [1.54, 1.807) is 0 Å². The highest BCUT2D eigenvalue weighted by molar-refractivity contribution is 4.69. The predicted molar refractivity (Wildman–Crippen MR) is 28.3 cm³/mol. The standard InChI is InChI=1S/C5H9F3O2/c1-3(4(10)2-9)5(6,7)8/h3-4,9-10H,2H2,1H3. The van der Waals surface area contributed by atoms with Crippen molar-refractivity contribution >= 4 is 0 Å². The van der Waals surface area contributed by atoms with Gasteiger partial charge in [0, 0.05) is 0 Å². The fourth-order valence-electron chi connectivity index (χ4n) is 0.376. The molecule has 0 aromatic heterocycles. The topological polar surface area (TPSA) is 40.5 Å². The van der Waals surface area contributed by atoms with Gasteiger partial charge in [-0.1, -0.05) is 6.92 Å². The van der Waals surface area contributed by atoms with Crippen LogP contribution in [0.1, 0.15) is 6.92 Å². The molecule has 2 unspecified atom stereocenters. The Hall–Kier alpha value is -0.290. The molecular formula is C5H9F3O2. The van der Waals surface area contributed by atoms with Crippen molar-refractivity contribution < 1.29 is 23.4 Å². The zero-order valence-corrected chi connectivity index (χ0v) is 5.39. The van der Waals surface area contributed by atoms with Crippen LogP contribution in [0.5, 0.6) is 0 Å². The van der Waals surface area contributed by atoms with E-state index in [-0.39, 0.29) is 0 Å². The molecule has 5 heteroatoms. The Bertz CT molecular complexity index is 102. The smallest absolute Gasteiger partial charge is 0.394 e. The number of alkyl halides is 3. The van der Waals surface area contributed by atoms with Gasteiger partial charge in [-0.05, 0) is 0 Å². The van der Waals surface area contributed by atoms with Crippen LogP contribution in [0.15, 0.2) is 0 Å². The first-order valence-corrected chi connectivity index (χ1v) is 2.75. The summed E-state index contributed by atoms with van der Waals surface area (Å²) in [6.07, 6.45) is -6.14. The summed E-state index contributed by atoms with van der Waals surface area (Å²) < 4.78 is 34.8. The maximum absolute atomic E-state index is 11.6. The van der Waals surface area contributed by atoms with Crippen molar-refractivity contribution in [3.05, 3.63) is 0 Å². The molecule has 2 N–H and O–H groups in total. The number of halogens is 3.